The van der Waals surface area contributed by atoms with Crippen molar-refractivity contribution in [2.45, 2.75) is 25.8 Å². The van der Waals surface area contributed by atoms with Gasteiger partial charge in [-0.25, -0.2) is 0 Å². The topological polar surface area (TPSA) is 54.0 Å². The number of nitrogens with zero attached hydrogens (tertiary/aromatic N) is 1. The molecule has 1 aromatic heterocycles. The number of piperidine rings is 1. The summed E-state index contributed by atoms with van der Waals surface area (Å²) in [5.41, 5.74) is 1.72. The van der Waals surface area contributed by atoms with E-state index in [4.69, 9.17) is 0 Å². The molecule has 3 rings (SSSR count). The SMILES string of the molecule is C[C@H]1C[C@@H](C(=O)Nc2cnc3ccccc3c2)CCN1.Cl. The molecule has 2 heterocycles. The second-order valence-electron chi connectivity index (χ2n) is 5.48. The van der Waals surface area contributed by atoms with Crippen molar-refractivity contribution in [2.24, 2.45) is 5.92 Å². The Morgan fingerprint density at radius 1 is 1.38 bits per heavy atom. The van der Waals surface area contributed by atoms with Gasteiger partial charge in [0.2, 0.25) is 5.91 Å². The van der Waals surface area contributed by atoms with Crippen LogP contribution in [-0.4, -0.2) is 23.5 Å². The molecule has 0 aliphatic carbocycles. The van der Waals surface area contributed by atoms with E-state index in [2.05, 4.69) is 22.5 Å². The monoisotopic (exact) mass is 305 g/mol. The van der Waals surface area contributed by atoms with Gasteiger partial charge in [0.15, 0.2) is 0 Å². The summed E-state index contributed by atoms with van der Waals surface area (Å²) in [6.07, 6.45) is 3.52. The number of anilines is 1. The van der Waals surface area contributed by atoms with Crippen molar-refractivity contribution < 1.29 is 4.79 Å². The maximum absolute atomic E-state index is 12.3. The van der Waals surface area contributed by atoms with Gasteiger partial charge < -0.3 is 10.6 Å². The van der Waals surface area contributed by atoms with Crippen molar-refractivity contribution in [3.63, 3.8) is 0 Å². The molecule has 1 aliphatic rings. The number of para-hydroxylation sites is 1. The van der Waals surface area contributed by atoms with E-state index < -0.39 is 0 Å². The molecule has 4 nitrogen and oxygen atoms in total. The molecule has 2 aromatic rings. The lowest BCUT2D eigenvalue weighted by Gasteiger charge is -2.27. The summed E-state index contributed by atoms with van der Waals surface area (Å²) in [7, 11) is 0. The molecule has 5 heteroatoms. The number of halogens is 1. The summed E-state index contributed by atoms with van der Waals surface area (Å²) in [4.78, 5) is 16.6. The number of benzene rings is 1. The highest BCUT2D eigenvalue weighted by Crippen LogP contribution is 2.20. The summed E-state index contributed by atoms with van der Waals surface area (Å²) in [6.45, 7) is 3.03. The number of amides is 1. The molecular formula is C16H20ClN3O. The summed E-state index contributed by atoms with van der Waals surface area (Å²) in [5.74, 6) is 0.202. The van der Waals surface area contributed by atoms with E-state index in [1.54, 1.807) is 6.20 Å². The van der Waals surface area contributed by atoms with Gasteiger partial charge in [0.25, 0.3) is 0 Å². The first-order valence-corrected chi connectivity index (χ1v) is 7.11. The predicted molar refractivity (Wildman–Crippen MR) is 87.8 cm³/mol. The fourth-order valence-corrected chi connectivity index (χ4v) is 2.75. The van der Waals surface area contributed by atoms with Crippen LogP contribution in [-0.2, 0) is 4.79 Å². The molecule has 1 aliphatic heterocycles. The van der Waals surface area contributed by atoms with E-state index in [-0.39, 0.29) is 24.2 Å². The van der Waals surface area contributed by atoms with E-state index in [1.165, 1.54) is 0 Å². The van der Waals surface area contributed by atoms with Gasteiger partial charge >= 0.3 is 0 Å². The normalized spacial score (nSPS) is 21.6. The molecular weight excluding hydrogens is 286 g/mol. The van der Waals surface area contributed by atoms with Crippen molar-refractivity contribution in [3.8, 4) is 0 Å². The lowest BCUT2D eigenvalue weighted by atomic mass is 9.92. The van der Waals surface area contributed by atoms with Crippen molar-refractivity contribution in [1.82, 2.24) is 10.3 Å². The zero-order chi connectivity index (χ0) is 13.9. The van der Waals surface area contributed by atoms with Gasteiger partial charge in [0, 0.05) is 17.3 Å². The fourth-order valence-electron chi connectivity index (χ4n) is 2.75. The molecule has 112 valence electrons. The van der Waals surface area contributed by atoms with Crippen LogP contribution in [0.25, 0.3) is 10.9 Å². The van der Waals surface area contributed by atoms with Gasteiger partial charge in [-0.1, -0.05) is 18.2 Å². The molecule has 2 N–H and O–H groups in total. The highest BCUT2D eigenvalue weighted by molar-refractivity contribution is 5.94. The molecule has 0 saturated carbocycles. The van der Waals surface area contributed by atoms with Gasteiger partial charge in [-0.2, -0.15) is 0 Å². The zero-order valence-electron chi connectivity index (χ0n) is 12.0. The van der Waals surface area contributed by atoms with E-state index >= 15 is 0 Å². The van der Waals surface area contributed by atoms with Crippen molar-refractivity contribution in [2.75, 3.05) is 11.9 Å². The third kappa shape index (κ3) is 3.71. The van der Waals surface area contributed by atoms with Crippen LogP contribution in [0.5, 0.6) is 0 Å². The van der Waals surface area contributed by atoms with Gasteiger partial charge in [-0.3, -0.25) is 9.78 Å². The van der Waals surface area contributed by atoms with Crippen LogP contribution in [0.15, 0.2) is 36.5 Å². The van der Waals surface area contributed by atoms with Crippen LogP contribution >= 0.6 is 12.4 Å². The number of carbonyl (C=O) groups excluding carboxylic acids is 1. The third-order valence-electron chi connectivity index (χ3n) is 3.85. The van der Waals surface area contributed by atoms with Crippen LogP contribution in [0, 0.1) is 5.92 Å². The molecule has 0 spiro atoms. The van der Waals surface area contributed by atoms with Gasteiger partial charge in [0.1, 0.15) is 0 Å². The smallest absolute Gasteiger partial charge is 0.227 e. The minimum absolute atomic E-state index is 0. The van der Waals surface area contributed by atoms with E-state index in [0.717, 1.165) is 36.0 Å². The highest BCUT2D eigenvalue weighted by Gasteiger charge is 2.24. The van der Waals surface area contributed by atoms with E-state index in [1.807, 2.05) is 30.3 Å². The standard InChI is InChI=1S/C16H19N3O.ClH/c1-11-8-13(6-7-17-11)16(20)19-14-9-12-4-2-3-5-15(12)18-10-14;/h2-5,9-11,13,17H,6-8H2,1H3,(H,19,20);1H/t11-,13-;/m0./s1. The maximum atomic E-state index is 12.3. The number of pyridine rings is 1. The van der Waals surface area contributed by atoms with Crippen LogP contribution < -0.4 is 10.6 Å². The minimum atomic E-state index is 0. The van der Waals surface area contributed by atoms with Gasteiger partial charge in [0.05, 0.1) is 17.4 Å². The summed E-state index contributed by atoms with van der Waals surface area (Å²) < 4.78 is 0. The van der Waals surface area contributed by atoms with Crippen LogP contribution in [0.4, 0.5) is 5.69 Å². The van der Waals surface area contributed by atoms with Crippen LogP contribution in [0.1, 0.15) is 19.8 Å². The largest absolute Gasteiger partial charge is 0.324 e. The van der Waals surface area contributed by atoms with Crippen molar-refractivity contribution in [1.29, 1.82) is 0 Å². The molecule has 0 unspecified atom stereocenters. The Bertz CT molecular complexity index is 632. The Morgan fingerprint density at radius 3 is 3.00 bits per heavy atom. The summed E-state index contributed by atoms with van der Waals surface area (Å²) in [6, 6.07) is 10.3. The lowest BCUT2D eigenvalue weighted by molar-refractivity contribution is -0.120. The van der Waals surface area contributed by atoms with Gasteiger partial charge in [-0.05, 0) is 38.4 Å². The lowest BCUT2D eigenvalue weighted by Crippen LogP contribution is -2.40. The Hall–Kier alpha value is -1.65. The van der Waals surface area contributed by atoms with Crippen LogP contribution in [0.3, 0.4) is 0 Å². The second-order valence-corrected chi connectivity index (χ2v) is 5.48. The molecule has 21 heavy (non-hydrogen) atoms. The number of hydrogen-bond donors (Lipinski definition) is 2. The number of carbonyl (C=O) groups is 1. The fraction of sp³-hybridized carbons (Fsp3) is 0.375. The first-order valence-electron chi connectivity index (χ1n) is 7.11. The number of nitrogens with one attached hydrogen (secondary N) is 2. The second kappa shape index (κ2) is 6.87. The molecule has 0 radical (unpaired) electrons. The molecule has 1 aromatic carbocycles. The van der Waals surface area contributed by atoms with E-state index in [9.17, 15) is 4.79 Å². The number of rotatable bonds is 2. The van der Waals surface area contributed by atoms with Crippen molar-refractivity contribution >= 4 is 34.9 Å². The number of hydrogen-bond acceptors (Lipinski definition) is 3. The first-order chi connectivity index (χ1) is 9.72. The molecule has 1 fully saturated rings. The first kappa shape index (κ1) is 15.7. The van der Waals surface area contributed by atoms with Crippen molar-refractivity contribution in [3.05, 3.63) is 36.5 Å². The van der Waals surface area contributed by atoms with E-state index in [0.29, 0.717) is 6.04 Å². The molecule has 1 amide bonds. The predicted octanol–water partition coefficient (Wildman–Crippen LogP) is 2.98. The minimum Gasteiger partial charge on any atom is -0.324 e. The summed E-state index contributed by atoms with van der Waals surface area (Å²) in [5, 5.41) is 7.40. The van der Waals surface area contributed by atoms with Crippen LogP contribution in [0.2, 0.25) is 0 Å². The molecule has 1 saturated heterocycles. The Morgan fingerprint density at radius 2 is 2.19 bits per heavy atom. The maximum Gasteiger partial charge on any atom is 0.227 e. The average molecular weight is 306 g/mol. The molecule has 0 bridgehead atoms. The highest BCUT2D eigenvalue weighted by atomic mass is 35.5. The van der Waals surface area contributed by atoms with Gasteiger partial charge in [-0.15, -0.1) is 12.4 Å². The number of aromatic nitrogens is 1. The zero-order valence-corrected chi connectivity index (χ0v) is 12.8. The Kier molecular flexibility index (Phi) is 5.15. The summed E-state index contributed by atoms with van der Waals surface area (Å²) >= 11 is 0. The molecule has 2 atom stereocenters. The Labute approximate surface area is 130 Å². The average Bonchev–Trinajstić information content (AvgIpc) is 2.47. The Balaban J connectivity index is 0.00000161. The third-order valence-corrected chi connectivity index (χ3v) is 3.85. The number of fused-ring (bicyclic) bond motifs is 1. The quantitative estimate of drug-likeness (QED) is 0.897.